The van der Waals surface area contributed by atoms with Crippen LogP contribution in [0.5, 0.6) is 5.75 Å². The number of fused-ring (bicyclic) bond motifs is 4. The van der Waals surface area contributed by atoms with Crippen LogP contribution in [0.1, 0.15) is 81.4 Å². The van der Waals surface area contributed by atoms with Crippen molar-refractivity contribution in [2.24, 2.45) is 0 Å². The molecule has 4 aliphatic heterocycles. The van der Waals surface area contributed by atoms with Crippen LogP contribution in [-0.2, 0) is 50.4 Å². The Hall–Kier alpha value is -3.57. The molecular formula is C35H45BrF3N7O6. The van der Waals surface area contributed by atoms with Gasteiger partial charge in [0.15, 0.2) is 0 Å². The van der Waals surface area contributed by atoms with Crippen molar-refractivity contribution >= 4 is 15.9 Å². The van der Waals surface area contributed by atoms with Crippen LogP contribution in [0.3, 0.4) is 0 Å². The summed E-state index contributed by atoms with van der Waals surface area (Å²) in [5.74, 6) is 1.02. The Labute approximate surface area is 306 Å². The molecule has 2 bridgehead atoms. The predicted molar refractivity (Wildman–Crippen MR) is 189 cm³/mol. The van der Waals surface area contributed by atoms with Gasteiger partial charge in [-0.25, -0.2) is 28.3 Å². The van der Waals surface area contributed by atoms with Gasteiger partial charge >= 0.3 is 29.1 Å². The van der Waals surface area contributed by atoms with Crippen molar-refractivity contribution in [3.63, 3.8) is 0 Å². The number of piperidine rings is 1. The molecular weight excluding hydrogens is 751 g/mol. The zero-order valence-corrected chi connectivity index (χ0v) is 30.7. The number of alkyl halides is 4. The van der Waals surface area contributed by atoms with Gasteiger partial charge in [0.1, 0.15) is 17.4 Å². The molecule has 13 nitrogen and oxygen atoms in total. The molecule has 0 spiro atoms. The summed E-state index contributed by atoms with van der Waals surface area (Å²) < 4.78 is 54.0. The summed E-state index contributed by atoms with van der Waals surface area (Å²) in [6.07, 6.45) is 5.65. The number of para-hydroxylation sites is 1. The fourth-order valence-electron chi connectivity index (χ4n) is 7.87. The fraction of sp³-hybridized carbons (Fsp3) is 0.657. The number of nitrogens with zero attached hydrogens (tertiary/aromatic N) is 7. The number of hydrogen-bond donors (Lipinski definition) is 0. The molecule has 0 radical (unpaired) electrons. The van der Waals surface area contributed by atoms with E-state index in [2.05, 4.69) is 35.5 Å². The number of hydrogen-bond acceptors (Lipinski definition) is 9. The molecule has 6 heterocycles. The minimum atomic E-state index is -4.74. The van der Waals surface area contributed by atoms with Crippen molar-refractivity contribution in [3.05, 3.63) is 83.4 Å². The van der Waals surface area contributed by atoms with Gasteiger partial charge in [0.2, 0.25) is 0 Å². The van der Waals surface area contributed by atoms with Gasteiger partial charge in [0.25, 0.3) is 0 Å². The number of aryl methyl sites for hydroxylation is 2. The molecule has 52 heavy (non-hydrogen) atoms. The topological polar surface area (TPSA) is 135 Å². The first-order chi connectivity index (χ1) is 25.0. The van der Waals surface area contributed by atoms with E-state index < -0.39 is 17.7 Å². The number of halogens is 4. The summed E-state index contributed by atoms with van der Waals surface area (Å²) in [7, 11) is 0. The van der Waals surface area contributed by atoms with E-state index in [-0.39, 0.29) is 29.8 Å². The van der Waals surface area contributed by atoms with Gasteiger partial charge in [0, 0.05) is 68.5 Å². The molecule has 2 aromatic heterocycles. The number of rotatable bonds is 11. The highest BCUT2D eigenvalue weighted by molar-refractivity contribution is 9.09. The molecule has 2 saturated heterocycles. The molecule has 284 valence electrons. The molecule has 0 aliphatic carbocycles. The van der Waals surface area contributed by atoms with E-state index in [1.54, 1.807) is 21.3 Å². The summed E-state index contributed by atoms with van der Waals surface area (Å²) in [5.41, 5.74) is -0.942. The summed E-state index contributed by atoms with van der Waals surface area (Å²) in [5, 5.41) is 0.778. The van der Waals surface area contributed by atoms with E-state index in [4.69, 9.17) is 4.74 Å². The monoisotopic (exact) mass is 795 g/mol. The van der Waals surface area contributed by atoms with E-state index in [0.717, 1.165) is 76.1 Å². The molecule has 0 N–H and O–H groups in total. The molecule has 0 saturated carbocycles. The third-order valence-electron chi connectivity index (χ3n) is 10.3. The minimum absolute atomic E-state index is 0.0326. The van der Waals surface area contributed by atoms with Crippen molar-refractivity contribution in [1.82, 2.24) is 33.1 Å². The highest BCUT2D eigenvalue weighted by atomic mass is 79.9. The van der Waals surface area contributed by atoms with Crippen molar-refractivity contribution in [3.8, 4) is 5.75 Å². The third kappa shape index (κ3) is 9.13. The molecule has 0 amide bonds. The lowest BCUT2D eigenvalue weighted by molar-refractivity contribution is -0.275. The van der Waals surface area contributed by atoms with E-state index in [0.29, 0.717) is 68.3 Å². The van der Waals surface area contributed by atoms with Crippen LogP contribution >= 0.6 is 15.9 Å². The average Bonchev–Trinajstić information content (AvgIpc) is 3.35. The Morgan fingerprint density at radius 1 is 0.769 bits per heavy atom. The van der Waals surface area contributed by atoms with E-state index in [9.17, 15) is 32.3 Å². The van der Waals surface area contributed by atoms with Crippen LogP contribution in [0.15, 0.2) is 43.4 Å². The third-order valence-corrected chi connectivity index (χ3v) is 10.9. The largest absolute Gasteiger partial charge is 0.573 e. The average molecular weight is 797 g/mol. The lowest BCUT2D eigenvalue weighted by Crippen LogP contribution is -2.47. The Morgan fingerprint density at radius 2 is 1.33 bits per heavy atom. The number of benzene rings is 1. The van der Waals surface area contributed by atoms with Crippen molar-refractivity contribution in [2.75, 3.05) is 11.9 Å². The normalized spacial score (nSPS) is 21.2. The van der Waals surface area contributed by atoms with Crippen LogP contribution < -0.4 is 27.5 Å². The van der Waals surface area contributed by atoms with Crippen LogP contribution in [-0.4, -0.2) is 69.6 Å². The summed E-state index contributed by atoms with van der Waals surface area (Å²) in [6.45, 7) is 2.93. The smallest absolute Gasteiger partial charge is 0.405 e. The molecule has 17 heteroatoms. The Morgan fingerprint density at radius 3 is 1.88 bits per heavy atom. The minimum Gasteiger partial charge on any atom is -0.405 e. The first-order valence-electron chi connectivity index (χ1n) is 18.2. The quantitative estimate of drug-likeness (QED) is 0.266. The molecule has 1 aromatic carbocycles. The lowest BCUT2D eigenvalue weighted by Gasteiger charge is -2.39. The van der Waals surface area contributed by atoms with E-state index >= 15 is 0 Å². The maximum absolute atomic E-state index is 12.8. The van der Waals surface area contributed by atoms with Crippen molar-refractivity contribution in [2.45, 2.75) is 134 Å². The zero-order valence-electron chi connectivity index (χ0n) is 29.1. The molecule has 2 atom stereocenters. The first kappa shape index (κ1) is 38.2. The van der Waals surface area contributed by atoms with Gasteiger partial charge in [-0.1, -0.05) is 34.1 Å². The van der Waals surface area contributed by atoms with Gasteiger partial charge < -0.3 is 9.47 Å². The molecule has 2 fully saturated rings. The first-order valence-corrected chi connectivity index (χ1v) is 19.3. The predicted octanol–water partition coefficient (Wildman–Crippen LogP) is 3.77. The van der Waals surface area contributed by atoms with Gasteiger partial charge in [-0.3, -0.25) is 14.0 Å². The van der Waals surface area contributed by atoms with Crippen LogP contribution in [0.4, 0.5) is 13.2 Å². The Balaban J connectivity index is 0.000000242. The van der Waals surface area contributed by atoms with Crippen molar-refractivity contribution < 1.29 is 22.6 Å². The zero-order chi connectivity index (χ0) is 36.8. The molecule has 4 aliphatic rings. The molecule has 2 unspecified atom stereocenters. The maximum Gasteiger partial charge on any atom is 0.573 e. The van der Waals surface area contributed by atoms with Gasteiger partial charge in [-0.2, -0.15) is 9.97 Å². The second-order valence-corrected chi connectivity index (χ2v) is 14.6. The van der Waals surface area contributed by atoms with Gasteiger partial charge in [-0.15, -0.1) is 13.2 Å². The molecule has 3 aromatic rings. The van der Waals surface area contributed by atoms with Crippen LogP contribution in [0, 0.1) is 0 Å². The maximum atomic E-state index is 12.8. The fourth-order valence-corrected chi connectivity index (χ4v) is 8.12. The van der Waals surface area contributed by atoms with E-state index in [1.165, 1.54) is 21.3 Å². The van der Waals surface area contributed by atoms with Gasteiger partial charge in [0.05, 0.1) is 12.7 Å². The highest BCUT2D eigenvalue weighted by Crippen LogP contribution is 2.37. The van der Waals surface area contributed by atoms with Crippen LogP contribution in [0.2, 0.25) is 0 Å². The number of aromatic nitrogens is 6. The highest BCUT2D eigenvalue weighted by Gasteiger charge is 2.41. The van der Waals surface area contributed by atoms with Crippen LogP contribution in [0.25, 0.3) is 0 Å². The Kier molecular flexibility index (Phi) is 12.5. The second-order valence-electron chi connectivity index (χ2n) is 13.8. The standard InChI is InChI=1S/C25H31F3N4O4.C10H14BrN3O2/c26-25(27,28)36-21-7-2-1-6-17(21)16-35-20-14-18-9-10-19(15-20)30(18)12-5-13-32-23(33)29-22-8-3-4-11-31(22)24(32)34;11-5-3-7-14-9(15)12-8-4-1-2-6-13(8)10(14)16/h1-2,6-7,18-20H,3-5,8-16H2;1-7H2. The Bertz CT molecular complexity index is 1930. The number of ether oxygens (including phenoxy) is 2. The van der Waals surface area contributed by atoms with Crippen molar-refractivity contribution in [1.29, 1.82) is 0 Å². The summed E-state index contributed by atoms with van der Waals surface area (Å²) >= 11 is 3.29. The van der Waals surface area contributed by atoms with Gasteiger partial charge in [-0.05, 0) is 70.3 Å². The summed E-state index contributed by atoms with van der Waals surface area (Å²) in [6, 6.07) is 6.72. The molecule has 7 rings (SSSR count). The SMILES string of the molecule is O=c1nc2n(c(=O)n1CCCBr)CCCC2.O=c1nc2n(c(=O)n1CCCN1C3CCC1CC(OCc1ccccc1OC(F)(F)F)C3)CCCC2. The second kappa shape index (κ2) is 17.1. The van der Waals surface area contributed by atoms with E-state index in [1.807, 2.05) is 0 Å². The summed E-state index contributed by atoms with van der Waals surface area (Å²) in [4.78, 5) is 59.4. The lowest BCUT2D eigenvalue weighted by atomic mass is 9.99.